The lowest BCUT2D eigenvalue weighted by molar-refractivity contribution is -0.132. The van der Waals surface area contributed by atoms with E-state index in [1.807, 2.05) is 0 Å². The molecule has 0 saturated heterocycles. The second kappa shape index (κ2) is 3.32. The highest BCUT2D eigenvalue weighted by Gasteiger charge is 2.10. The van der Waals surface area contributed by atoms with Gasteiger partial charge in [0.15, 0.2) is 0 Å². The van der Waals surface area contributed by atoms with Gasteiger partial charge in [-0.15, -0.1) is 0 Å². The number of carbonyl (C=O) groups is 1. The third-order valence-corrected chi connectivity index (χ3v) is 1.15. The Morgan fingerprint density at radius 3 is 2.82 bits per heavy atom. The summed E-state index contributed by atoms with van der Waals surface area (Å²) in [6, 6.07) is 0. The maximum Gasteiger partial charge on any atom is 0.336 e. The summed E-state index contributed by atoms with van der Waals surface area (Å²) >= 11 is 0. The third-order valence-electron chi connectivity index (χ3n) is 1.15. The van der Waals surface area contributed by atoms with Crippen molar-refractivity contribution in [3.8, 4) is 0 Å². The van der Waals surface area contributed by atoms with Gasteiger partial charge in [0.1, 0.15) is 5.76 Å². The number of aliphatic hydroxyl groups is 2. The maximum atomic E-state index is 10.4. The summed E-state index contributed by atoms with van der Waals surface area (Å²) in [6.07, 6.45) is 2.97. The van der Waals surface area contributed by atoms with E-state index in [1.165, 1.54) is 18.2 Å². The monoisotopic (exact) mass is 156 g/mol. The van der Waals surface area contributed by atoms with E-state index in [0.29, 0.717) is 0 Å². The minimum atomic E-state index is -0.972. The van der Waals surface area contributed by atoms with Gasteiger partial charge in [0.25, 0.3) is 0 Å². The molecular formula is C7H8O4. The molecule has 1 aliphatic heterocycles. The molecule has 1 atom stereocenters. The Bertz CT molecular complexity index is 216. The molecule has 11 heavy (non-hydrogen) atoms. The smallest absolute Gasteiger partial charge is 0.336 e. The van der Waals surface area contributed by atoms with E-state index in [-0.39, 0.29) is 12.4 Å². The Kier molecular flexibility index (Phi) is 2.40. The van der Waals surface area contributed by atoms with E-state index in [9.17, 15) is 4.79 Å². The average Bonchev–Trinajstić information content (AvgIpc) is 2.35. The van der Waals surface area contributed by atoms with Crippen molar-refractivity contribution in [2.45, 2.75) is 6.10 Å². The predicted octanol–water partition coefficient (Wildman–Crippen LogP) is -0.664. The lowest BCUT2D eigenvalue weighted by Gasteiger charge is -2.00. The molecule has 0 radical (unpaired) electrons. The van der Waals surface area contributed by atoms with Crippen LogP contribution in [0.5, 0.6) is 0 Å². The zero-order chi connectivity index (χ0) is 8.27. The molecule has 2 N–H and O–H groups in total. The summed E-state index contributed by atoms with van der Waals surface area (Å²) in [4.78, 5) is 10.4. The first-order valence-electron chi connectivity index (χ1n) is 3.13. The predicted molar refractivity (Wildman–Crippen MR) is 36.4 cm³/mol. The fourth-order valence-corrected chi connectivity index (χ4v) is 0.666. The molecule has 0 unspecified atom stereocenters. The van der Waals surface area contributed by atoms with Crippen molar-refractivity contribution in [2.75, 3.05) is 6.61 Å². The summed E-state index contributed by atoms with van der Waals surface area (Å²) in [5, 5.41) is 17.3. The SMILES string of the molecule is O=C1C=CC(=C[C@H](O)CO)O1. The zero-order valence-corrected chi connectivity index (χ0v) is 5.73. The van der Waals surface area contributed by atoms with Crippen molar-refractivity contribution in [3.63, 3.8) is 0 Å². The van der Waals surface area contributed by atoms with E-state index in [4.69, 9.17) is 10.2 Å². The maximum absolute atomic E-state index is 10.4. The highest BCUT2D eigenvalue weighted by atomic mass is 16.5. The Hall–Kier alpha value is -1.13. The zero-order valence-electron chi connectivity index (χ0n) is 5.73. The van der Waals surface area contributed by atoms with Gasteiger partial charge in [0, 0.05) is 6.08 Å². The number of carbonyl (C=O) groups excluding carboxylic acids is 1. The van der Waals surface area contributed by atoms with Gasteiger partial charge < -0.3 is 14.9 Å². The molecule has 0 fully saturated rings. The molecule has 0 amide bonds. The first-order chi connectivity index (χ1) is 5.22. The molecule has 0 bridgehead atoms. The van der Waals surface area contributed by atoms with E-state index >= 15 is 0 Å². The highest BCUT2D eigenvalue weighted by Crippen LogP contribution is 2.09. The van der Waals surface area contributed by atoms with Gasteiger partial charge in [-0.05, 0) is 12.2 Å². The summed E-state index contributed by atoms with van der Waals surface area (Å²) in [5.74, 6) is -0.182. The van der Waals surface area contributed by atoms with Crippen LogP contribution in [-0.2, 0) is 9.53 Å². The van der Waals surface area contributed by atoms with Crippen LogP contribution in [0.3, 0.4) is 0 Å². The molecule has 0 aromatic carbocycles. The topological polar surface area (TPSA) is 66.8 Å². The molecule has 0 saturated carbocycles. The van der Waals surface area contributed by atoms with Crippen LogP contribution in [0.15, 0.2) is 24.0 Å². The number of rotatable bonds is 2. The van der Waals surface area contributed by atoms with Crippen molar-refractivity contribution in [2.24, 2.45) is 0 Å². The van der Waals surface area contributed by atoms with Gasteiger partial charge in [-0.25, -0.2) is 4.79 Å². The van der Waals surface area contributed by atoms with Crippen LogP contribution in [0.2, 0.25) is 0 Å². The van der Waals surface area contributed by atoms with Crippen LogP contribution in [-0.4, -0.2) is 28.9 Å². The van der Waals surface area contributed by atoms with Crippen LogP contribution >= 0.6 is 0 Å². The van der Waals surface area contributed by atoms with Crippen LogP contribution in [0.25, 0.3) is 0 Å². The fraction of sp³-hybridized carbons (Fsp3) is 0.286. The average molecular weight is 156 g/mol. The van der Waals surface area contributed by atoms with E-state index in [1.54, 1.807) is 0 Å². The summed E-state index contributed by atoms with van der Waals surface area (Å²) in [7, 11) is 0. The Morgan fingerprint density at radius 1 is 1.64 bits per heavy atom. The summed E-state index contributed by atoms with van der Waals surface area (Å²) in [5.41, 5.74) is 0. The van der Waals surface area contributed by atoms with Crippen LogP contribution in [0.4, 0.5) is 0 Å². The molecule has 1 heterocycles. The molecule has 1 aliphatic rings. The number of hydrogen-bond donors (Lipinski definition) is 2. The molecule has 1 rings (SSSR count). The van der Waals surface area contributed by atoms with Gasteiger partial charge in [-0.3, -0.25) is 0 Å². The fourth-order valence-electron chi connectivity index (χ4n) is 0.666. The van der Waals surface area contributed by atoms with Crippen molar-refractivity contribution >= 4 is 5.97 Å². The van der Waals surface area contributed by atoms with Crippen molar-refractivity contribution in [1.82, 2.24) is 0 Å². The van der Waals surface area contributed by atoms with Crippen molar-refractivity contribution in [1.29, 1.82) is 0 Å². The Morgan fingerprint density at radius 2 is 2.36 bits per heavy atom. The molecule has 60 valence electrons. The van der Waals surface area contributed by atoms with Crippen molar-refractivity contribution in [3.05, 3.63) is 24.0 Å². The van der Waals surface area contributed by atoms with Gasteiger partial charge in [0.05, 0.1) is 12.7 Å². The van der Waals surface area contributed by atoms with Crippen LogP contribution in [0, 0.1) is 0 Å². The number of ether oxygens (including phenoxy) is 1. The van der Waals surface area contributed by atoms with Crippen LogP contribution < -0.4 is 0 Å². The first kappa shape index (κ1) is 7.97. The number of aliphatic hydroxyl groups excluding tert-OH is 2. The second-order valence-corrected chi connectivity index (χ2v) is 2.07. The lowest BCUT2D eigenvalue weighted by Crippen LogP contribution is -2.08. The minimum Gasteiger partial charge on any atom is -0.424 e. The minimum absolute atomic E-state index is 0.275. The standard InChI is InChI=1S/C7H8O4/c8-4-5(9)3-6-1-2-7(10)11-6/h1-3,5,8-9H,4H2/t5-/m0/s1. The first-order valence-corrected chi connectivity index (χ1v) is 3.13. The number of cyclic esters (lactones) is 1. The van der Waals surface area contributed by atoms with E-state index in [0.717, 1.165) is 0 Å². The highest BCUT2D eigenvalue weighted by molar-refractivity contribution is 5.86. The Balaban J connectivity index is 2.56. The lowest BCUT2D eigenvalue weighted by atomic mass is 10.3. The molecule has 0 aromatic rings. The number of hydrogen-bond acceptors (Lipinski definition) is 4. The van der Waals surface area contributed by atoms with Gasteiger partial charge in [-0.1, -0.05) is 0 Å². The molecule has 4 heteroatoms. The largest absolute Gasteiger partial charge is 0.424 e. The molecule has 0 aliphatic carbocycles. The second-order valence-electron chi connectivity index (χ2n) is 2.07. The number of esters is 1. The van der Waals surface area contributed by atoms with Gasteiger partial charge in [-0.2, -0.15) is 0 Å². The normalized spacial score (nSPS) is 22.4. The quantitative estimate of drug-likeness (QED) is 0.521. The molecule has 4 nitrogen and oxygen atoms in total. The third kappa shape index (κ3) is 2.18. The van der Waals surface area contributed by atoms with E-state index < -0.39 is 12.1 Å². The van der Waals surface area contributed by atoms with Crippen LogP contribution in [0.1, 0.15) is 0 Å². The van der Waals surface area contributed by atoms with Gasteiger partial charge in [0.2, 0.25) is 0 Å². The van der Waals surface area contributed by atoms with Gasteiger partial charge >= 0.3 is 5.97 Å². The number of allylic oxidation sites excluding steroid dienone is 1. The summed E-state index contributed by atoms with van der Waals surface area (Å²) in [6.45, 7) is -0.380. The van der Waals surface area contributed by atoms with Crippen molar-refractivity contribution < 1.29 is 19.7 Å². The van der Waals surface area contributed by atoms with E-state index in [2.05, 4.69) is 4.74 Å². The Labute approximate surface area is 63.4 Å². The molecule has 0 spiro atoms. The summed E-state index contributed by atoms with van der Waals surface area (Å²) < 4.78 is 4.57. The molecular weight excluding hydrogens is 148 g/mol. The molecule has 0 aromatic heterocycles.